The average Bonchev–Trinajstić information content (AvgIpc) is 2.20. The van der Waals surface area contributed by atoms with Crippen molar-refractivity contribution in [2.45, 2.75) is 38.1 Å². The number of nitrogens with zero attached hydrogens (tertiary/aromatic N) is 2. The zero-order valence-corrected chi connectivity index (χ0v) is 8.71. The van der Waals surface area contributed by atoms with E-state index in [1.54, 1.807) is 0 Å². The Kier molecular flexibility index (Phi) is 3.23. The molecule has 2 nitrogen and oxygen atoms in total. The van der Waals surface area contributed by atoms with Gasteiger partial charge >= 0.3 is 0 Å². The third-order valence-corrected chi connectivity index (χ3v) is 3.58. The monoisotopic (exact) mass is 181 g/mol. The van der Waals surface area contributed by atoms with Crippen molar-refractivity contribution in [3.05, 3.63) is 0 Å². The molecule has 0 aliphatic carbocycles. The summed E-state index contributed by atoms with van der Waals surface area (Å²) in [6.07, 6.45) is 6.88. The van der Waals surface area contributed by atoms with Crippen molar-refractivity contribution in [2.75, 3.05) is 26.7 Å². The van der Waals surface area contributed by atoms with Gasteiger partial charge in [-0.05, 0) is 51.7 Å². The van der Waals surface area contributed by atoms with Crippen molar-refractivity contribution in [3.63, 3.8) is 0 Å². The van der Waals surface area contributed by atoms with Gasteiger partial charge in [-0.3, -0.25) is 0 Å². The van der Waals surface area contributed by atoms with Crippen LogP contribution in [0.4, 0.5) is 0 Å². The average molecular weight is 181 g/mol. The summed E-state index contributed by atoms with van der Waals surface area (Å²) in [5.74, 6) is 0.913. The number of hydrogen-bond acceptors (Lipinski definition) is 1. The molecule has 1 radical (unpaired) electrons. The van der Waals surface area contributed by atoms with Gasteiger partial charge in [-0.1, -0.05) is 6.42 Å². The zero-order valence-electron chi connectivity index (χ0n) is 8.71. The van der Waals surface area contributed by atoms with E-state index < -0.39 is 0 Å². The van der Waals surface area contributed by atoms with Crippen LogP contribution >= 0.6 is 0 Å². The second-order valence-electron chi connectivity index (χ2n) is 4.61. The van der Waals surface area contributed by atoms with E-state index in [2.05, 4.69) is 11.9 Å². The molecule has 0 N–H and O–H groups in total. The molecule has 1 unspecified atom stereocenters. The van der Waals surface area contributed by atoms with Gasteiger partial charge in [-0.25, -0.2) is 5.32 Å². The first-order valence-electron chi connectivity index (χ1n) is 5.71. The quantitative estimate of drug-likeness (QED) is 0.599. The Morgan fingerprint density at radius 3 is 2.46 bits per heavy atom. The van der Waals surface area contributed by atoms with E-state index in [-0.39, 0.29) is 0 Å². The highest BCUT2D eigenvalue weighted by Crippen LogP contribution is 2.25. The predicted molar refractivity (Wildman–Crippen MR) is 54.9 cm³/mol. The maximum atomic E-state index is 4.76. The number of hydrogen-bond donors (Lipinski definition) is 0. The molecule has 2 saturated heterocycles. The molecule has 2 heteroatoms. The van der Waals surface area contributed by atoms with Gasteiger partial charge in [-0.2, -0.15) is 0 Å². The van der Waals surface area contributed by atoms with Crippen LogP contribution in [-0.4, -0.2) is 37.6 Å². The molecule has 0 amide bonds. The van der Waals surface area contributed by atoms with Gasteiger partial charge in [0.2, 0.25) is 0 Å². The van der Waals surface area contributed by atoms with Crippen LogP contribution in [0.25, 0.3) is 0 Å². The van der Waals surface area contributed by atoms with E-state index in [4.69, 9.17) is 5.32 Å². The Bertz CT molecular complexity index is 144. The van der Waals surface area contributed by atoms with E-state index >= 15 is 0 Å². The van der Waals surface area contributed by atoms with Gasteiger partial charge in [-0.15, -0.1) is 0 Å². The summed E-state index contributed by atoms with van der Waals surface area (Å²) in [6.45, 7) is 3.71. The standard InChI is InChI=1S/C11H21N2/c1-13-8-5-10(6-9-13)11-4-2-3-7-12-11/h10-11H,2-9H2,1H3. The second kappa shape index (κ2) is 4.43. The van der Waals surface area contributed by atoms with Gasteiger partial charge < -0.3 is 4.90 Å². The highest BCUT2D eigenvalue weighted by molar-refractivity contribution is 4.83. The van der Waals surface area contributed by atoms with Crippen LogP contribution in [0.1, 0.15) is 32.1 Å². The van der Waals surface area contributed by atoms with Crippen molar-refractivity contribution in [3.8, 4) is 0 Å². The van der Waals surface area contributed by atoms with Crippen LogP contribution in [-0.2, 0) is 0 Å². The number of likely N-dealkylation sites (tertiary alicyclic amines) is 1. The first kappa shape index (κ1) is 9.47. The fourth-order valence-electron chi connectivity index (χ4n) is 2.61. The summed E-state index contributed by atoms with van der Waals surface area (Å²) in [4.78, 5) is 2.44. The molecular weight excluding hydrogens is 160 g/mol. The molecule has 75 valence electrons. The number of piperidine rings is 2. The van der Waals surface area contributed by atoms with E-state index in [1.165, 1.54) is 45.2 Å². The van der Waals surface area contributed by atoms with Crippen LogP contribution in [0.3, 0.4) is 0 Å². The molecule has 0 bridgehead atoms. The van der Waals surface area contributed by atoms with Crippen molar-refractivity contribution in [2.24, 2.45) is 5.92 Å². The van der Waals surface area contributed by atoms with Crippen molar-refractivity contribution >= 4 is 0 Å². The third kappa shape index (κ3) is 2.44. The summed E-state index contributed by atoms with van der Waals surface area (Å²) >= 11 is 0. The molecule has 0 aromatic heterocycles. The summed E-state index contributed by atoms with van der Waals surface area (Å²) < 4.78 is 0. The van der Waals surface area contributed by atoms with E-state index in [1.807, 2.05) is 0 Å². The van der Waals surface area contributed by atoms with Crippen LogP contribution in [0.15, 0.2) is 0 Å². The second-order valence-corrected chi connectivity index (χ2v) is 4.61. The van der Waals surface area contributed by atoms with Gasteiger partial charge in [0.15, 0.2) is 0 Å². The normalized spacial score (nSPS) is 33.5. The Hall–Kier alpha value is -0.0800. The molecule has 2 aliphatic rings. The van der Waals surface area contributed by atoms with Crippen molar-refractivity contribution in [1.82, 2.24) is 10.2 Å². The summed E-state index contributed by atoms with van der Waals surface area (Å²) in [6, 6.07) is 0.724. The summed E-state index contributed by atoms with van der Waals surface area (Å²) in [7, 11) is 2.23. The maximum absolute atomic E-state index is 4.76. The van der Waals surface area contributed by atoms with Gasteiger partial charge in [0, 0.05) is 12.6 Å². The van der Waals surface area contributed by atoms with Gasteiger partial charge in [0.05, 0.1) is 0 Å². The zero-order chi connectivity index (χ0) is 9.10. The maximum Gasteiger partial charge on any atom is 0.0275 e. The number of rotatable bonds is 1. The lowest BCUT2D eigenvalue weighted by atomic mass is 9.85. The first-order valence-corrected chi connectivity index (χ1v) is 5.71. The first-order chi connectivity index (χ1) is 6.36. The molecular formula is C11H21N2. The van der Waals surface area contributed by atoms with Crippen LogP contribution in [0.2, 0.25) is 0 Å². The van der Waals surface area contributed by atoms with Crippen LogP contribution in [0, 0.1) is 5.92 Å². The Labute approximate surface area is 81.7 Å². The van der Waals surface area contributed by atoms with E-state index in [0.29, 0.717) is 0 Å². The molecule has 0 aromatic carbocycles. The Morgan fingerprint density at radius 1 is 1.08 bits per heavy atom. The molecule has 0 aromatic rings. The SMILES string of the molecule is CN1CCC(C2CCCC[N]2)CC1. The molecule has 2 fully saturated rings. The molecule has 2 rings (SSSR count). The molecule has 2 heterocycles. The molecule has 1 atom stereocenters. The Balaban J connectivity index is 1.79. The van der Waals surface area contributed by atoms with E-state index in [0.717, 1.165) is 18.5 Å². The lowest BCUT2D eigenvalue weighted by Crippen LogP contribution is -2.41. The fraction of sp³-hybridized carbons (Fsp3) is 1.00. The minimum Gasteiger partial charge on any atom is -0.306 e. The summed E-state index contributed by atoms with van der Waals surface area (Å²) in [5, 5.41) is 4.76. The highest BCUT2D eigenvalue weighted by atomic mass is 15.1. The minimum absolute atomic E-state index is 0.724. The van der Waals surface area contributed by atoms with Crippen LogP contribution < -0.4 is 5.32 Å². The third-order valence-electron chi connectivity index (χ3n) is 3.58. The molecule has 2 aliphatic heterocycles. The lowest BCUT2D eigenvalue weighted by molar-refractivity contribution is 0.168. The predicted octanol–water partition coefficient (Wildman–Crippen LogP) is 1.49. The molecule has 0 spiro atoms. The smallest absolute Gasteiger partial charge is 0.0275 e. The summed E-state index contributed by atoms with van der Waals surface area (Å²) in [5.41, 5.74) is 0. The van der Waals surface area contributed by atoms with Gasteiger partial charge in [0.1, 0.15) is 0 Å². The van der Waals surface area contributed by atoms with Crippen molar-refractivity contribution < 1.29 is 0 Å². The topological polar surface area (TPSA) is 17.3 Å². The minimum atomic E-state index is 0.724. The lowest BCUT2D eigenvalue weighted by Gasteiger charge is -2.35. The molecule has 13 heavy (non-hydrogen) atoms. The Morgan fingerprint density at radius 2 is 1.85 bits per heavy atom. The van der Waals surface area contributed by atoms with Crippen LogP contribution in [0.5, 0.6) is 0 Å². The highest BCUT2D eigenvalue weighted by Gasteiger charge is 2.26. The van der Waals surface area contributed by atoms with Crippen molar-refractivity contribution in [1.29, 1.82) is 0 Å². The fourth-order valence-corrected chi connectivity index (χ4v) is 2.61. The van der Waals surface area contributed by atoms with Gasteiger partial charge in [0.25, 0.3) is 0 Å². The molecule has 0 saturated carbocycles. The largest absolute Gasteiger partial charge is 0.306 e. The van der Waals surface area contributed by atoms with E-state index in [9.17, 15) is 0 Å².